The zero-order valence-corrected chi connectivity index (χ0v) is 19.8. The highest BCUT2D eigenvalue weighted by atomic mass is 32.2. The zero-order valence-electron chi connectivity index (χ0n) is 19.0. The van der Waals surface area contributed by atoms with Crippen molar-refractivity contribution in [1.82, 2.24) is 9.97 Å². The summed E-state index contributed by atoms with van der Waals surface area (Å²) >= 11 is 0. The second-order valence-electron chi connectivity index (χ2n) is 8.38. The molecule has 3 N–H and O–H groups in total. The van der Waals surface area contributed by atoms with Gasteiger partial charge in [-0.2, -0.15) is 0 Å². The molecule has 0 radical (unpaired) electrons. The number of hydrogen-bond donors (Lipinski definition) is 2. The summed E-state index contributed by atoms with van der Waals surface area (Å²) in [5, 5.41) is 0.424. The molecule has 6 nitrogen and oxygen atoms in total. The highest BCUT2D eigenvalue weighted by Crippen LogP contribution is 2.35. The van der Waals surface area contributed by atoms with E-state index in [1.54, 1.807) is 24.4 Å². The number of rotatable bonds is 5. The fourth-order valence-electron chi connectivity index (χ4n) is 4.15. The maximum atomic E-state index is 12.9. The van der Waals surface area contributed by atoms with Crippen LogP contribution in [0.15, 0.2) is 101 Å². The number of H-pyrrole nitrogens is 1. The predicted molar refractivity (Wildman–Crippen MR) is 140 cm³/mol. The number of benzene rings is 3. The number of aromatic nitrogens is 2. The fourth-order valence-corrected chi connectivity index (χ4v) is 4.81. The molecule has 7 heteroatoms. The first-order valence-electron chi connectivity index (χ1n) is 11.1. The number of aromatic amines is 1. The number of fused-ring (bicyclic) bond motifs is 1. The lowest BCUT2D eigenvalue weighted by Gasteiger charge is -2.14. The molecule has 5 aromatic rings. The van der Waals surface area contributed by atoms with Gasteiger partial charge in [0, 0.05) is 35.7 Å². The third-order valence-electron chi connectivity index (χ3n) is 5.99. The van der Waals surface area contributed by atoms with Gasteiger partial charge in [0.05, 0.1) is 21.5 Å². The Hall–Kier alpha value is -4.07. The Balaban J connectivity index is 1.83. The predicted octanol–water partition coefficient (Wildman–Crippen LogP) is 4.79. The van der Waals surface area contributed by atoms with Gasteiger partial charge in [-0.1, -0.05) is 66.7 Å². The van der Waals surface area contributed by atoms with Crippen LogP contribution < -0.4 is 11.3 Å². The van der Waals surface area contributed by atoms with E-state index in [4.69, 9.17) is 10.7 Å². The van der Waals surface area contributed by atoms with Crippen molar-refractivity contribution in [2.75, 3.05) is 6.26 Å². The number of sulfone groups is 1. The van der Waals surface area contributed by atoms with E-state index in [2.05, 4.69) is 4.98 Å². The molecule has 0 aliphatic carbocycles. The Bertz CT molecular complexity index is 1710. The Morgan fingerprint density at radius 3 is 2.23 bits per heavy atom. The highest BCUT2D eigenvalue weighted by Gasteiger charge is 2.17. The molecule has 0 saturated heterocycles. The quantitative estimate of drug-likeness (QED) is 0.376. The third-order valence-corrected chi connectivity index (χ3v) is 7.10. The van der Waals surface area contributed by atoms with E-state index in [-0.39, 0.29) is 10.5 Å². The van der Waals surface area contributed by atoms with E-state index in [0.29, 0.717) is 28.6 Å². The SMILES string of the molecule is CS(=O)(=O)c1cccc(-c2c[nH]c(=O)c3cc(-c4ccccc4)c(-c4ccc(CN)cc4)nc23)c1. The summed E-state index contributed by atoms with van der Waals surface area (Å²) in [5.41, 5.74) is 11.7. The summed E-state index contributed by atoms with van der Waals surface area (Å²) < 4.78 is 24.3. The maximum Gasteiger partial charge on any atom is 0.257 e. The molecule has 0 spiro atoms. The van der Waals surface area contributed by atoms with Crippen LogP contribution in [0.1, 0.15) is 5.56 Å². The summed E-state index contributed by atoms with van der Waals surface area (Å²) in [4.78, 5) is 20.9. The molecule has 0 fully saturated rings. The van der Waals surface area contributed by atoms with Crippen molar-refractivity contribution < 1.29 is 8.42 Å². The van der Waals surface area contributed by atoms with Gasteiger partial charge in [-0.25, -0.2) is 13.4 Å². The normalized spacial score (nSPS) is 11.6. The van der Waals surface area contributed by atoms with Gasteiger partial charge in [0.2, 0.25) is 0 Å². The van der Waals surface area contributed by atoms with Gasteiger partial charge in [-0.3, -0.25) is 4.79 Å². The van der Waals surface area contributed by atoms with Crippen LogP contribution in [0, 0.1) is 0 Å². The molecule has 3 aromatic carbocycles. The molecule has 0 aliphatic rings. The molecule has 0 aliphatic heterocycles. The number of hydrogen-bond acceptors (Lipinski definition) is 5. The molecular formula is C28H23N3O3S. The van der Waals surface area contributed by atoms with Gasteiger partial charge in [0.25, 0.3) is 5.56 Å². The van der Waals surface area contributed by atoms with Crippen LogP contribution in [-0.4, -0.2) is 24.6 Å². The number of nitrogens with one attached hydrogen (secondary N) is 1. The van der Waals surface area contributed by atoms with Crippen LogP contribution in [0.3, 0.4) is 0 Å². The van der Waals surface area contributed by atoms with Crippen LogP contribution in [0.4, 0.5) is 0 Å². The summed E-state index contributed by atoms with van der Waals surface area (Å²) in [6.45, 7) is 0.438. The first-order chi connectivity index (χ1) is 16.8. The van der Waals surface area contributed by atoms with Crippen LogP contribution >= 0.6 is 0 Å². The Kier molecular flexibility index (Phi) is 5.80. The lowest BCUT2D eigenvalue weighted by atomic mass is 9.95. The second-order valence-corrected chi connectivity index (χ2v) is 10.4. The van der Waals surface area contributed by atoms with Gasteiger partial charge >= 0.3 is 0 Å². The van der Waals surface area contributed by atoms with Crippen molar-refractivity contribution in [3.8, 4) is 33.5 Å². The molecule has 0 atom stereocenters. The zero-order chi connectivity index (χ0) is 24.6. The largest absolute Gasteiger partial charge is 0.328 e. The lowest BCUT2D eigenvalue weighted by molar-refractivity contribution is 0.602. The Morgan fingerprint density at radius 1 is 0.829 bits per heavy atom. The molecule has 2 aromatic heterocycles. The van der Waals surface area contributed by atoms with E-state index in [0.717, 1.165) is 27.9 Å². The lowest BCUT2D eigenvalue weighted by Crippen LogP contribution is -2.08. The number of nitrogens with zero attached hydrogens (tertiary/aromatic N) is 1. The molecule has 0 amide bonds. The van der Waals surface area contributed by atoms with Crippen LogP contribution in [0.5, 0.6) is 0 Å². The van der Waals surface area contributed by atoms with E-state index < -0.39 is 9.84 Å². The van der Waals surface area contributed by atoms with E-state index in [9.17, 15) is 13.2 Å². The van der Waals surface area contributed by atoms with Crippen molar-refractivity contribution in [3.05, 3.63) is 107 Å². The molecule has 0 saturated carbocycles. The minimum absolute atomic E-state index is 0.202. The van der Waals surface area contributed by atoms with E-state index >= 15 is 0 Å². The van der Waals surface area contributed by atoms with Crippen molar-refractivity contribution in [1.29, 1.82) is 0 Å². The summed E-state index contributed by atoms with van der Waals surface area (Å²) in [6.07, 6.45) is 2.76. The minimum Gasteiger partial charge on any atom is -0.328 e. The van der Waals surface area contributed by atoms with Crippen LogP contribution in [0.25, 0.3) is 44.4 Å². The maximum absolute atomic E-state index is 12.9. The Labute approximate surface area is 203 Å². The highest BCUT2D eigenvalue weighted by molar-refractivity contribution is 7.90. The number of pyridine rings is 2. The third kappa shape index (κ3) is 4.39. The fraction of sp³-hybridized carbons (Fsp3) is 0.0714. The van der Waals surface area contributed by atoms with Crippen molar-refractivity contribution in [2.45, 2.75) is 11.4 Å². The monoisotopic (exact) mass is 481 g/mol. The topological polar surface area (TPSA) is 106 Å². The van der Waals surface area contributed by atoms with Gasteiger partial charge in [-0.15, -0.1) is 0 Å². The molecule has 2 heterocycles. The summed E-state index contributed by atoms with van der Waals surface area (Å²) in [6, 6.07) is 26.2. The van der Waals surface area contributed by atoms with E-state index in [1.165, 1.54) is 6.26 Å². The molecule has 0 bridgehead atoms. The van der Waals surface area contributed by atoms with Crippen molar-refractivity contribution in [3.63, 3.8) is 0 Å². The van der Waals surface area contributed by atoms with Crippen molar-refractivity contribution in [2.24, 2.45) is 5.73 Å². The minimum atomic E-state index is -3.40. The first kappa shape index (κ1) is 22.7. The molecule has 0 unspecified atom stereocenters. The standard InChI is InChI=1S/C28H23N3O3S/c1-35(33,34)22-9-5-8-21(14-22)25-17-30-28(32)24-15-23(19-6-3-2-4-7-19)26(31-27(24)25)20-12-10-18(16-29)11-13-20/h2-15,17H,16,29H2,1H3,(H,30,32). The van der Waals surface area contributed by atoms with Gasteiger partial charge in [-0.05, 0) is 34.9 Å². The average Bonchev–Trinajstić information content (AvgIpc) is 2.88. The van der Waals surface area contributed by atoms with Gasteiger partial charge in [0.15, 0.2) is 9.84 Å². The Morgan fingerprint density at radius 2 is 1.54 bits per heavy atom. The second kappa shape index (κ2) is 8.94. The van der Waals surface area contributed by atoms with Crippen LogP contribution in [0.2, 0.25) is 0 Å². The van der Waals surface area contributed by atoms with Crippen molar-refractivity contribution >= 4 is 20.7 Å². The summed E-state index contributed by atoms with van der Waals surface area (Å²) in [7, 11) is -3.40. The molecule has 5 rings (SSSR count). The first-order valence-corrected chi connectivity index (χ1v) is 13.0. The summed E-state index contributed by atoms with van der Waals surface area (Å²) in [5.74, 6) is 0. The smallest absolute Gasteiger partial charge is 0.257 e. The number of nitrogens with two attached hydrogens (primary N) is 1. The van der Waals surface area contributed by atoms with Crippen LogP contribution in [-0.2, 0) is 16.4 Å². The molecule has 35 heavy (non-hydrogen) atoms. The van der Waals surface area contributed by atoms with E-state index in [1.807, 2.05) is 66.7 Å². The molecule has 174 valence electrons. The van der Waals surface area contributed by atoms with Gasteiger partial charge in [0.1, 0.15) is 0 Å². The molecular weight excluding hydrogens is 458 g/mol. The average molecular weight is 482 g/mol. The van der Waals surface area contributed by atoms with Gasteiger partial charge < -0.3 is 10.7 Å².